The zero-order valence-corrected chi connectivity index (χ0v) is 15.5. The molecular weight excluding hydrogens is 320 g/mol. The van der Waals surface area contributed by atoms with Crippen LogP contribution in [-0.4, -0.2) is 23.1 Å². The first-order valence-corrected chi connectivity index (χ1v) is 8.26. The van der Waals surface area contributed by atoms with Gasteiger partial charge in [-0.25, -0.2) is 4.79 Å². The molecule has 0 unspecified atom stereocenters. The lowest BCUT2D eigenvalue weighted by atomic mass is 10.1. The Balaban J connectivity index is 2.10. The van der Waals surface area contributed by atoms with Crippen LogP contribution in [0, 0.1) is 20.8 Å². The van der Waals surface area contributed by atoms with Crippen LogP contribution in [0.3, 0.4) is 0 Å². The molecule has 0 bridgehead atoms. The van der Waals surface area contributed by atoms with E-state index >= 15 is 0 Å². The van der Waals surface area contributed by atoms with E-state index in [4.69, 9.17) is 9.26 Å². The number of aromatic nitrogens is 1. The highest BCUT2D eigenvalue weighted by Gasteiger charge is 2.27. The highest BCUT2D eigenvalue weighted by molar-refractivity contribution is 5.98. The number of aryl methyl sites for hydroxylation is 3. The van der Waals surface area contributed by atoms with Crippen molar-refractivity contribution in [3.05, 3.63) is 46.3 Å². The van der Waals surface area contributed by atoms with Gasteiger partial charge in [0.15, 0.2) is 11.9 Å². The lowest BCUT2D eigenvalue weighted by molar-refractivity contribution is -0.123. The molecule has 0 aliphatic rings. The van der Waals surface area contributed by atoms with Gasteiger partial charge < -0.3 is 14.6 Å². The molecule has 0 saturated heterocycles. The zero-order valence-electron chi connectivity index (χ0n) is 15.5. The average molecular weight is 344 g/mol. The Morgan fingerprint density at radius 1 is 1.16 bits per heavy atom. The van der Waals surface area contributed by atoms with Crippen molar-refractivity contribution in [3.8, 4) is 0 Å². The molecule has 134 valence electrons. The predicted molar refractivity (Wildman–Crippen MR) is 94.8 cm³/mol. The number of hydrogen-bond acceptors (Lipinski definition) is 5. The third-order valence-corrected chi connectivity index (χ3v) is 3.92. The van der Waals surface area contributed by atoms with E-state index in [0.717, 1.165) is 11.1 Å². The maximum Gasteiger partial charge on any atom is 0.344 e. The molecule has 1 aromatic carbocycles. The smallest absolute Gasteiger partial charge is 0.344 e. The maximum atomic E-state index is 12.4. The third kappa shape index (κ3) is 4.26. The van der Waals surface area contributed by atoms with E-state index < -0.39 is 12.1 Å². The number of carbonyl (C=O) groups is 2. The van der Waals surface area contributed by atoms with Gasteiger partial charge in [-0.3, -0.25) is 4.79 Å². The first-order chi connectivity index (χ1) is 11.7. The number of amides is 1. The van der Waals surface area contributed by atoms with Crippen molar-refractivity contribution in [1.29, 1.82) is 0 Å². The molecule has 1 atom stereocenters. The second kappa shape index (κ2) is 7.51. The number of nitrogens with one attached hydrogen (secondary N) is 1. The lowest BCUT2D eigenvalue weighted by Gasteiger charge is -2.15. The van der Waals surface area contributed by atoms with Gasteiger partial charge in [-0.1, -0.05) is 31.1 Å². The molecule has 1 amide bonds. The quantitative estimate of drug-likeness (QED) is 0.832. The summed E-state index contributed by atoms with van der Waals surface area (Å²) in [7, 11) is 0. The summed E-state index contributed by atoms with van der Waals surface area (Å²) in [5.74, 6) is -0.541. The van der Waals surface area contributed by atoms with Gasteiger partial charge in [-0.05, 0) is 44.9 Å². The summed E-state index contributed by atoms with van der Waals surface area (Å²) in [4.78, 5) is 24.8. The molecule has 6 nitrogen and oxygen atoms in total. The van der Waals surface area contributed by atoms with E-state index in [2.05, 4.69) is 10.5 Å². The van der Waals surface area contributed by atoms with Crippen LogP contribution in [0.5, 0.6) is 0 Å². The summed E-state index contributed by atoms with van der Waals surface area (Å²) in [6, 6.07) is 5.77. The van der Waals surface area contributed by atoms with E-state index in [1.165, 1.54) is 6.92 Å². The summed E-state index contributed by atoms with van der Waals surface area (Å²) >= 11 is 0. The van der Waals surface area contributed by atoms with Crippen LogP contribution in [0.1, 0.15) is 59.6 Å². The number of hydrogen-bond donors (Lipinski definition) is 1. The van der Waals surface area contributed by atoms with Gasteiger partial charge in [0.2, 0.25) is 0 Å². The monoisotopic (exact) mass is 344 g/mol. The number of ether oxygens (including phenoxy) is 1. The summed E-state index contributed by atoms with van der Waals surface area (Å²) in [6.45, 7) is 10.9. The summed E-state index contributed by atoms with van der Waals surface area (Å²) in [6.07, 6.45) is -0.943. The Morgan fingerprint density at radius 3 is 2.48 bits per heavy atom. The fourth-order valence-electron chi connectivity index (χ4n) is 2.41. The molecule has 2 aromatic rings. The zero-order chi connectivity index (χ0) is 18.7. The fourth-order valence-corrected chi connectivity index (χ4v) is 2.41. The Kier molecular flexibility index (Phi) is 5.62. The second-order valence-electron chi connectivity index (χ2n) is 6.52. The van der Waals surface area contributed by atoms with Gasteiger partial charge in [0.05, 0.1) is 5.69 Å². The third-order valence-electron chi connectivity index (χ3n) is 3.92. The molecule has 6 heteroatoms. The minimum atomic E-state index is -0.943. The van der Waals surface area contributed by atoms with Gasteiger partial charge in [-0.15, -0.1) is 0 Å². The minimum absolute atomic E-state index is 0.0113. The van der Waals surface area contributed by atoms with E-state index in [-0.39, 0.29) is 11.8 Å². The van der Waals surface area contributed by atoms with Crippen LogP contribution in [0.4, 0.5) is 5.69 Å². The van der Waals surface area contributed by atoms with Gasteiger partial charge in [-0.2, -0.15) is 0 Å². The van der Waals surface area contributed by atoms with Crippen molar-refractivity contribution in [3.63, 3.8) is 0 Å². The predicted octanol–water partition coefficient (Wildman–Crippen LogP) is 3.91. The van der Waals surface area contributed by atoms with Crippen molar-refractivity contribution < 1.29 is 18.8 Å². The summed E-state index contributed by atoms with van der Waals surface area (Å²) in [5, 5.41) is 6.62. The average Bonchev–Trinajstić information content (AvgIpc) is 2.92. The van der Waals surface area contributed by atoms with Gasteiger partial charge in [0.1, 0.15) is 5.56 Å². The first kappa shape index (κ1) is 18.7. The molecule has 0 spiro atoms. The van der Waals surface area contributed by atoms with Crippen LogP contribution in [0.2, 0.25) is 0 Å². The van der Waals surface area contributed by atoms with E-state index in [0.29, 0.717) is 22.7 Å². The first-order valence-electron chi connectivity index (χ1n) is 8.26. The van der Waals surface area contributed by atoms with Crippen LogP contribution in [0.25, 0.3) is 0 Å². The van der Waals surface area contributed by atoms with Gasteiger partial charge in [0.25, 0.3) is 5.91 Å². The van der Waals surface area contributed by atoms with E-state index in [9.17, 15) is 9.59 Å². The van der Waals surface area contributed by atoms with Gasteiger partial charge >= 0.3 is 5.97 Å². The van der Waals surface area contributed by atoms with Crippen molar-refractivity contribution in [2.24, 2.45) is 0 Å². The molecule has 0 aliphatic carbocycles. The van der Waals surface area contributed by atoms with Crippen molar-refractivity contribution >= 4 is 17.6 Å². The minimum Gasteiger partial charge on any atom is -0.449 e. The van der Waals surface area contributed by atoms with Crippen LogP contribution in [0.15, 0.2) is 22.7 Å². The Labute approximate surface area is 147 Å². The summed E-state index contributed by atoms with van der Waals surface area (Å²) < 4.78 is 10.5. The molecular formula is C19H24N2O4. The molecule has 1 aromatic heterocycles. The number of anilines is 1. The highest BCUT2D eigenvalue weighted by Crippen LogP contribution is 2.23. The second-order valence-corrected chi connectivity index (χ2v) is 6.52. The molecule has 1 heterocycles. The van der Waals surface area contributed by atoms with E-state index in [1.54, 1.807) is 6.92 Å². The van der Waals surface area contributed by atoms with E-state index in [1.807, 2.05) is 45.9 Å². The number of carbonyl (C=O) groups excluding carboxylic acids is 2. The molecule has 0 fully saturated rings. The van der Waals surface area contributed by atoms with Crippen molar-refractivity contribution in [2.45, 2.75) is 53.6 Å². The molecule has 25 heavy (non-hydrogen) atoms. The lowest BCUT2D eigenvalue weighted by Crippen LogP contribution is -2.30. The fraction of sp³-hybridized carbons (Fsp3) is 0.421. The standard InChI is InChI=1S/C19H24N2O4/c1-10(2)17-16(13(5)21-25-17)19(23)24-14(6)18(22)20-15-9-11(3)7-8-12(15)4/h7-10,14H,1-6H3,(H,20,22)/t14-/m1/s1. The van der Waals surface area contributed by atoms with Gasteiger partial charge in [0, 0.05) is 11.6 Å². The maximum absolute atomic E-state index is 12.4. The SMILES string of the molecule is Cc1ccc(C)c(NC(=O)[C@@H](C)OC(=O)c2c(C)noc2C(C)C)c1. The highest BCUT2D eigenvalue weighted by atomic mass is 16.5. The number of nitrogens with zero attached hydrogens (tertiary/aromatic N) is 1. The Bertz CT molecular complexity index is 793. The largest absolute Gasteiger partial charge is 0.449 e. The van der Waals surface area contributed by atoms with Crippen molar-refractivity contribution in [1.82, 2.24) is 5.16 Å². The molecule has 1 N–H and O–H groups in total. The van der Waals surface area contributed by atoms with Crippen LogP contribution >= 0.6 is 0 Å². The Morgan fingerprint density at radius 2 is 1.84 bits per heavy atom. The molecule has 0 aliphatic heterocycles. The number of rotatable bonds is 5. The molecule has 2 rings (SSSR count). The van der Waals surface area contributed by atoms with Crippen LogP contribution in [-0.2, 0) is 9.53 Å². The Hall–Kier alpha value is -2.63. The molecule has 0 saturated carbocycles. The molecule has 0 radical (unpaired) electrons. The van der Waals surface area contributed by atoms with Crippen molar-refractivity contribution in [2.75, 3.05) is 5.32 Å². The number of esters is 1. The normalized spacial score (nSPS) is 12.1. The number of benzene rings is 1. The topological polar surface area (TPSA) is 81.4 Å². The summed E-state index contributed by atoms with van der Waals surface area (Å²) in [5.41, 5.74) is 3.43. The van der Waals surface area contributed by atoms with Crippen LogP contribution < -0.4 is 5.32 Å².